The molecule has 1 heterocycles. The molecule has 78 valence electrons. The van der Waals surface area contributed by atoms with Crippen molar-refractivity contribution in [2.45, 2.75) is 6.42 Å². The summed E-state index contributed by atoms with van der Waals surface area (Å²) in [5, 5.41) is 24.3. The molecule has 1 aromatic heterocycles. The molecule has 0 aliphatic heterocycles. The van der Waals surface area contributed by atoms with Crippen LogP contribution in [0.15, 0.2) is 12.1 Å². The van der Waals surface area contributed by atoms with Crippen molar-refractivity contribution >= 4 is 11.8 Å². The lowest BCUT2D eigenvalue weighted by Crippen LogP contribution is -2.20. The van der Waals surface area contributed by atoms with Crippen LogP contribution in [0.3, 0.4) is 0 Å². The van der Waals surface area contributed by atoms with E-state index in [1.165, 1.54) is 6.07 Å². The Kier molecular flexibility index (Phi) is 3.57. The van der Waals surface area contributed by atoms with Gasteiger partial charge < -0.3 is 10.0 Å². The summed E-state index contributed by atoms with van der Waals surface area (Å²) < 4.78 is 0. The summed E-state index contributed by atoms with van der Waals surface area (Å²) >= 11 is 0. The molecule has 1 N–H and O–H groups in total. The number of aromatic carboxylic acids is 1. The summed E-state index contributed by atoms with van der Waals surface area (Å²) in [5.74, 6) is -0.552. The van der Waals surface area contributed by atoms with Crippen molar-refractivity contribution in [2.75, 3.05) is 18.5 Å². The average Bonchev–Trinajstić information content (AvgIpc) is 2.26. The van der Waals surface area contributed by atoms with Gasteiger partial charge in [0, 0.05) is 13.6 Å². The van der Waals surface area contributed by atoms with Crippen LogP contribution in [-0.4, -0.2) is 34.9 Å². The summed E-state index contributed by atoms with van der Waals surface area (Å²) in [6, 6.07) is 4.96. The van der Waals surface area contributed by atoms with Crippen molar-refractivity contribution in [1.82, 2.24) is 10.2 Å². The van der Waals surface area contributed by atoms with Gasteiger partial charge in [-0.05, 0) is 12.1 Å². The fourth-order valence-electron chi connectivity index (χ4n) is 0.975. The molecule has 0 saturated heterocycles. The number of carboxylic acids is 1. The molecule has 0 aliphatic carbocycles. The van der Waals surface area contributed by atoms with Crippen molar-refractivity contribution in [3.8, 4) is 6.07 Å². The van der Waals surface area contributed by atoms with E-state index in [1.807, 2.05) is 6.07 Å². The maximum atomic E-state index is 10.5. The highest BCUT2D eigenvalue weighted by atomic mass is 16.4. The van der Waals surface area contributed by atoms with Gasteiger partial charge >= 0.3 is 5.97 Å². The van der Waals surface area contributed by atoms with Crippen LogP contribution in [0.2, 0.25) is 0 Å². The van der Waals surface area contributed by atoms with Gasteiger partial charge in [0.25, 0.3) is 0 Å². The topological polar surface area (TPSA) is 90.1 Å². The largest absolute Gasteiger partial charge is 0.476 e. The van der Waals surface area contributed by atoms with Crippen LogP contribution in [0.4, 0.5) is 5.82 Å². The molecule has 0 radical (unpaired) electrons. The smallest absolute Gasteiger partial charge is 0.356 e. The van der Waals surface area contributed by atoms with E-state index in [1.54, 1.807) is 18.0 Å². The standard InChI is InChI=1S/C9H10N4O2/c1-13(6-2-5-10)8-4-3-7(9(14)15)11-12-8/h3-4H,2,6H2,1H3,(H,14,15). The average molecular weight is 206 g/mol. The molecule has 0 spiro atoms. The van der Waals surface area contributed by atoms with Crippen molar-refractivity contribution in [3.05, 3.63) is 17.8 Å². The lowest BCUT2D eigenvalue weighted by Gasteiger charge is -2.14. The molecule has 15 heavy (non-hydrogen) atoms. The van der Waals surface area contributed by atoms with Gasteiger partial charge in [0.15, 0.2) is 11.5 Å². The zero-order valence-corrected chi connectivity index (χ0v) is 8.21. The number of hydrogen-bond donors (Lipinski definition) is 1. The molecule has 0 bridgehead atoms. The van der Waals surface area contributed by atoms with Gasteiger partial charge in [-0.25, -0.2) is 4.79 Å². The van der Waals surface area contributed by atoms with Crippen LogP contribution in [-0.2, 0) is 0 Å². The van der Waals surface area contributed by atoms with Gasteiger partial charge in [-0.2, -0.15) is 5.26 Å². The maximum Gasteiger partial charge on any atom is 0.356 e. The minimum absolute atomic E-state index is 0.0903. The summed E-state index contributed by atoms with van der Waals surface area (Å²) in [5.41, 5.74) is -0.0903. The molecule has 1 aromatic rings. The summed E-state index contributed by atoms with van der Waals surface area (Å²) in [4.78, 5) is 12.2. The van der Waals surface area contributed by atoms with E-state index in [9.17, 15) is 4.79 Å². The SMILES string of the molecule is CN(CCC#N)c1ccc(C(=O)O)nn1. The van der Waals surface area contributed by atoms with Crippen LogP contribution >= 0.6 is 0 Å². The van der Waals surface area contributed by atoms with Gasteiger partial charge in [-0.3, -0.25) is 0 Å². The molecule has 0 fully saturated rings. The number of carboxylic acid groups (broad SMARTS) is 1. The predicted octanol–water partition coefficient (Wildman–Crippen LogP) is 0.525. The van der Waals surface area contributed by atoms with E-state index >= 15 is 0 Å². The van der Waals surface area contributed by atoms with Crippen molar-refractivity contribution in [1.29, 1.82) is 5.26 Å². The number of rotatable bonds is 4. The maximum absolute atomic E-state index is 10.5. The Labute approximate surface area is 86.8 Å². The van der Waals surface area contributed by atoms with E-state index < -0.39 is 5.97 Å². The second-order valence-corrected chi connectivity index (χ2v) is 2.91. The van der Waals surface area contributed by atoms with Gasteiger partial charge in [-0.1, -0.05) is 0 Å². The van der Waals surface area contributed by atoms with Gasteiger partial charge in [-0.15, -0.1) is 10.2 Å². The molecule has 0 saturated carbocycles. The number of anilines is 1. The van der Waals surface area contributed by atoms with Gasteiger partial charge in [0.05, 0.1) is 12.5 Å². The summed E-state index contributed by atoms with van der Waals surface area (Å²) in [6.45, 7) is 0.539. The lowest BCUT2D eigenvalue weighted by atomic mass is 10.3. The second-order valence-electron chi connectivity index (χ2n) is 2.91. The molecular weight excluding hydrogens is 196 g/mol. The molecule has 6 nitrogen and oxygen atoms in total. The van der Waals surface area contributed by atoms with Crippen LogP contribution < -0.4 is 4.90 Å². The highest BCUT2D eigenvalue weighted by Crippen LogP contribution is 2.07. The number of aromatic nitrogens is 2. The zero-order valence-electron chi connectivity index (χ0n) is 8.21. The molecule has 6 heteroatoms. The first-order chi connectivity index (χ1) is 7.15. The first-order valence-corrected chi connectivity index (χ1v) is 4.30. The summed E-state index contributed by atoms with van der Waals surface area (Å²) in [6.07, 6.45) is 0.388. The Morgan fingerprint density at radius 3 is 2.80 bits per heavy atom. The minimum atomic E-state index is -1.10. The van der Waals surface area contributed by atoms with E-state index in [0.29, 0.717) is 18.8 Å². The van der Waals surface area contributed by atoms with Crippen LogP contribution in [0.1, 0.15) is 16.9 Å². The number of nitrogens with zero attached hydrogens (tertiary/aromatic N) is 4. The Hall–Kier alpha value is -2.16. The third-order valence-corrected chi connectivity index (χ3v) is 1.82. The Balaban J connectivity index is 2.71. The van der Waals surface area contributed by atoms with E-state index in [2.05, 4.69) is 10.2 Å². The monoisotopic (exact) mass is 206 g/mol. The van der Waals surface area contributed by atoms with Crippen molar-refractivity contribution < 1.29 is 9.90 Å². The fraction of sp³-hybridized carbons (Fsp3) is 0.333. The molecule has 0 aromatic carbocycles. The fourth-order valence-corrected chi connectivity index (χ4v) is 0.975. The van der Waals surface area contributed by atoms with Crippen molar-refractivity contribution in [2.24, 2.45) is 0 Å². The van der Waals surface area contributed by atoms with Crippen LogP contribution in [0.5, 0.6) is 0 Å². The molecule has 0 atom stereocenters. The molecular formula is C9H10N4O2. The van der Waals surface area contributed by atoms with E-state index in [4.69, 9.17) is 10.4 Å². The highest BCUT2D eigenvalue weighted by Gasteiger charge is 2.07. The number of carbonyl (C=O) groups is 1. The van der Waals surface area contributed by atoms with E-state index in [-0.39, 0.29) is 5.69 Å². The van der Waals surface area contributed by atoms with Gasteiger partial charge in [0.1, 0.15) is 0 Å². The Morgan fingerprint density at radius 1 is 1.60 bits per heavy atom. The normalized spacial score (nSPS) is 9.33. The van der Waals surface area contributed by atoms with E-state index in [0.717, 1.165) is 0 Å². The lowest BCUT2D eigenvalue weighted by molar-refractivity contribution is 0.0689. The second kappa shape index (κ2) is 4.91. The highest BCUT2D eigenvalue weighted by molar-refractivity contribution is 5.85. The molecule has 0 unspecified atom stereocenters. The Bertz CT molecular complexity index is 382. The predicted molar refractivity (Wildman–Crippen MR) is 52.5 cm³/mol. The van der Waals surface area contributed by atoms with Crippen LogP contribution in [0.25, 0.3) is 0 Å². The number of nitriles is 1. The summed E-state index contributed by atoms with van der Waals surface area (Å²) in [7, 11) is 1.77. The van der Waals surface area contributed by atoms with Gasteiger partial charge in [0.2, 0.25) is 0 Å². The molecule has 1 rings (SSSR count). The minimum Gasteiger partial charge on any atom is -0.476 e. The van der Waals surface area contributed by atoms with Crippen LogP contribution in [0, 0.1) is 11.3 Å². The zero-order chi connectivity index (χ0) is 11.3. The molecule has 0 aliphatic rings. The third-order valence-electron chi connectivity index (χ3n) is 1.82. The molecule has 0 amide bonds. The first-order valence-electron chi connectivity index (χ1n) is 4.30. The first kappa shape index (κ1) is 10.9. The Morgan fingerprint density at radius 2 is 2.33 bits per heavy atom. The number of hydrogen-bond acceptors (Lipinski definition) is 5. The quantitative estimate of drug-likeness (QED) is 0.772. The third kappa shape index (κ3) is 2.91. The van der Waals surface area contributed by atoms with Crippen molar-refractivity contribution in [3.63, 3.8) is 0 Å².